The third-order valence-electron chi connectivity index (χ3n) is 4.12. The van der Waals surface area contributed by atoms with Crippen molar-refractivity contribution in [2.24, 2.45) is 0 Å². The molecule has 2 aromatic carbocycles. The second kappa shape index (κ2) is 7.77. The molecule has 0 aliphatic rings. The van der Waals surface area contributed by atoms with Crippen LogP contribution in [0, 0.1) is 24.0 Å². The molecule has 0 saturated heterocycles. The standard InChI is InChI=1S/C19H20N2O5/c1-12-8-13(2)10-15(9-12)18(22)20(3)17(19(23)24)11-14-4-6-16(7-5-14)21(25)26/h4-10,17H,11H2,1-3H3,(H,23,24)/t17-/m1/s1. The zero-order valence-corrected chi connectivity index (χ0v) is 14.8. The molecule has 0 radical (unpaired) electrons. The lowest BCUT2D eigenvalue weighted by atomic mass is 10.0. The third-order valence-corrected chi connectivity index (χ3v) is 4.12. The molecule has 0 saturated carbocycles. The molecule has 0 spiro atoms. The first-order valence-corrected chi connectivity index (χ1v) is 8.00. The molecule has 1 atom stereocenters. The maximum Gasteiger partial charge on any atom is 0.326 e. The third kappa shape index (κ3) is 4.44. The zero-order valence-electron chi connectivity index (χ0n) is 14.8. The molecule has 0 aliphatic heterocycles. The SMILES string of the molecule is Cc1cc(C)cc(C(=O)N(C)[C@H](Cc2ccc([N+](=O)[O-])cc2)C(=O)O)c1. The Morgan fingerprint density at radius 3 is 2.12 bits per heavy atom. The average molecular weight is 356 g/mol. The average Bonchev–Trinajstić information content (AvgIpc) is 2.57. The topological polar surface area (TPSA) is 101 Å². The van der Waals surface area contributed by atoms with Crippen molar-refractivity contribution < 1.29 is 19.6 Å². The number of aliphatic carboxylic acids is 1. The first-order valence-electron chi connectivity index (χ1n) is 8.00. The smallest absolute Gasteiger partial charge is 0.326 e. The highest BCUT2D eigenvalue weighted by Gasteiger charge is 2.28. The fourth-order valence-corrected chi connectivity index (χ4v) is 2.81. The van der Waals surface area contributed by atoms with Gasteiger partial charge in [-0.25, -0.2) is 4.79 Å². The van der Waals surface area contributed by atoms with Crippen LogP contribution in [-0.2, 0) is 11.2 Å². The Balaban J connectivity index is 2.23. The Kier molecular flexibility index (Phi) is 5.71. The van der Waals surface area contributed by atoms with Gasteiger partial charge in [0.1, 0.15) is 6.04 Å². The van der Waals surface area contributed by atoms with Crippen molar-refractivity contribution in [1.82, 2.24) is 4.90 Å². The Bertz CT molecular complexity index is 825. The minimum absolute atomic E-state index is 0.0559. The zero-order chi connectivity index (χ0) is 19.4. The number of benzene rings is 2. The predicted molar refractivity (Wildman–Crippen MR) is 96.2 cm³/mol. The van der Waals surface area contributed by atoms with Crippen molar-refractivity contribution >= 4 is 17.6 Å². The molecule has 0 aliphatic carbocycles. The Labute approximate surface area is 151 Å². The number of nitro benzene ring substituents is 1. The van der Waals surface area contributed by atoms with Gasteiger partial charge in [-0.1, -0.05) is 29.3 Å². The highest BCUT2D eigenvalue weighted by Crippen LogP contribution is 2.17. The van der Waals surface area contributed by atoms with Crippen molar-refractivity contribution in [2.75, 3.05) is 7.05 Å². The number of carbonyl (C=O) groups is 2. The van der Waals surface area contributed by atoms with E-state index in [0.29, 0.717) is 11.1 Å². The lowest BCUT2D eigenvalue weighted by Crippen LogP contribution is -2.43. The van der Waals surface area contributed by atoms with Gasteiger partial charge in [0.2, 0.25) is 0 Å². The number of carboxylic acid groups (broad SMARTS) is 1. The van der Waals surface area contributed by atoms with Gasteiger partial charge in [0, 0.05) is 31.2 Å². The predicted octanol–water partition coefficient (Wildman–Crippen LogP) is 2.98. The van der Waals surface area contributed by atoms with Gasteiger partial charge in [0.25, 0.3) is 11.6 Å². The minimum Gasteiger partial charge on any atom is -0.480 e. The molecule has 0 bridgehead atoms. The van der Waals surface area contributed by atoms with Crippen LogP contribution in [0.25, 0.3) is 0 Å². The number of amides is 1. The molecule has 7 heteroatoms. The van der Waals surface area contributed by atoms with Crippen LogP contribution in [-0.4, -0.2) is 39.9 Å². The second-order valence-electron chi connectivity index (χ2n) is 6.27. The molecule has 0 aromatic heterocycles. The van der Waals surface area contributed by atoms with Crippen LogP contribution in [0.15, 0.2) is 42.5 Å². The summed E-state index contributed by atoms with van der Waals surface area (Å²) in [7, 11) is 1.45. The maximum atomic E-state index is 12.7. The molecule has 0 heterocycles. The number of likely N-dealkylation sites (N-methyl/N-ethyl adjacent to an activating group) is 1. The summed E-state index contributed by atoms with van der Waals surface area (Å²) < 4.78 is 0. The van der Waals surface area contributed by atoms with Crippen molar-refractivity contribution in [3.05, 3.63) is 74.8 Å². The van der Waals surface area contributed by atoms with E-state index in [2.05, 4.69) is 0 Å². The van der Waals surface area contributed by atoms with E-state index in [4.69, 9.17) is 0 Å². The quantitative estimate of drug-likeness (QED) is 0.633. The van der Waals surface area contributed by atoms with Crippen LogP contribution in [0.4, 0.5) is 5.69 Å². The van der Waals surface area contributed by atoms with E-state index in [1.54, 1.807) is 12.1 Å². The van der Waals surface area contributed by atoms with E-state index in [-0.39, 0.29) is 18.0 Å². The molecule has 1 amide bonds. The number of aryl methyl sites for hydroxylation is 2. The summed E-state index contributed by atoms with van der Waals surface area (Å²) in [6.45, 7) is 3.74. The molecule has 0 fully saturated rings. The summed E-state index contributed by atoms with van der Waals surface area (Å²) in [5, 5.41) is 20.3. The van der Waals surface area contributed by atoms with Crippen LogP contribution in [0.1, 0.15) is 27.0 Å². The van der Waals surface area contributed by atoms with Gasteiger partial charge in [0.05, 0.1) is 4.92 Å². The van der Waals surface area contributed by atoms with Crippen molar-refractivity contribution in [1.29, 1.82) is 0 Å². The molecule has 7 nitrogen and oxygen atoms in total. The number of carboxylic acids is 1. The number of non-ortho nitro benzene ring substituents is 1. The summed E-state index contributed by atoms with van der Waals surface area (Å²) in [6, 6.07) is 9.94. The normalized spacial score (nSPS) is 11.7. The largest absolute Gasteiger partial charge is 0.480 e. The van der Waals surface area contributed by atoms with E-state index in [1.165, 1.54) is 36.2 Å². The summed E-state index contributed by atoms with van der Waals surface area (Å²) >= 11 is 0. The Hall–Kier alpha value is -3.22. The first-order chi connectivity index (χ1) is 12.2. The van der Waals surface area contributed by atoms with Crippen molar-refractivity contribution in [3.8, 4) is 0 Å². The molecular formula is C19H20N2O5. The fraction of sp³-hybridized carbons (Fsp3) is 0.263. The van der Waals surface area contributed by atoms with Gasteiger partial charge in [-0.05, 0) is 31.5 Å². The monoisotopic (exact) mass is 356 g/mol. The first kappa shape index (κ1) is 19.1. The Morgan fingerprint density at radius 1 is 1.12 bits per heavy atom. The highest BCUT2D eigenvalue weighted by molar-refractivity contribution is 5.96. The van der Waals surface area contributed by atoms with E-state index in [9.17, 15) is 24.8 Å². The number of rotatable bonds is 6. The van der Waals surface area contributed by atoms with Crippen LogP contribution in [0.2, 0.25) is 0 Å². The van der Waals surface area contributed by atoms with Crippen LogP contribution < -0.4 is 0 Å². The summed E-state index contributed by atoms with van der Waals surface area (Å²) in [4.78, 5) is 35.8. The molecule has 26 heavy (non-hydrogen) atoms. The van der Waals surface area contributed by atoms with E-state index in [1.807, 2.05) is 19.9 Å². The lowest BCUT2D eigenvalue weighted by Gasteiger charge is -2.25. The Morgan fingerprint density at radius 2 is 1.65 bits per heavy atom. The molecule has 136 valence electrons. The van der Waals surface area contributed by atoms with Crippen LogP contribution in [0.3, 0.4) is 0 Å². The van der Waals surface area contributed by atoms with Crippen LogP contribution in [0.5, 0.6) is 0 Å². The van der Waals surface area contributed by atoms with Crippen molar-refractivity contribution in [2.45, 2.75) is 26.3 Å². The lowest BCUT2D eigenvalue weighted by molar-refractivity contribution is -0.384. The van der Waals surface area contributed by atoms with Gasteiger partial charge in [-0.2, -0.15) is 0 Å². The van der Waals surface area contributed by atoms with Gasteiger partial charge >= 0.3 is 5.97 Å². The summed E-state index contributed by atoms with van der Waals surface area (Å²) in [5.74, 6) is -1.52. The number of nitrogens with zero attached hydrogens (tertiary/aromatic N) is 2. The number of hydrogen-bond donors (Lipinski definition) is 1. The fourth-order valence-electron chi connectivity index (χ4n) is 2.81. The second-order valence-corrected chi connectivity index (χ2v) is 6.27. The molecule has 0 unspecified atom stereocenters. The molecule has 2 aromatic rings. The molecule has 1 N–H and O–H groups in total. The van der Waals surface area contributed by atoms with Crippen molar-refractivity contribution in [3.63, 3.8) is 0 Å². The van der Waals surface area contributed by atoms with E-state index in [0.717, 1.165) is 11.1 Å². The summed E-state index contributed by atoms with van der Waals surface area (Å²) in [6.07, 6.45) is 0.0559. The van der Waals surface area contributed by atoms with Gasteiger partial charge < -0.3 is 10.0 Å². The highest BCUT2D eigenvalue weighted by atomic mass is 16.6. The van der Waals surface area contributed by atoms with Gasteiger partial charge in [-0.3, -0.25) is 14.9 Å². The number of hydrogen-bond acceptors (Lipinski definition) is 4. The number of carbonyl (C=O) groups excluding carboxylic acids is 1. The van der Waals surface area contributed by atoms with Crippen LogP contribution >= 0.6 is 0 Å². The van der Waals surface area contributed by atoms with Gasteiger partial charge in [0.15, 0.2) is 0 Å². The summed E-state index contributed by atoms with van der Waals surface area (Å²) in [5.41, 5.74) is 2.80. The minimum atomic E-state index is -1.14. The maximum absolute atomic E-state index is 12.7. The molecular weight excluding hydrogens is 336 g/mol. The van der Waals surface area contributed by atoms with Gasteiger partial charge in [-0.15, -0.1) is 0 Å². The molecule has 2 rings (SSSR count). The number of nitro groups is 1. The van der Waals surface area contributed by atoms with E-state index >= 15 is 0 Å². The van der Waals surface area contributed by atoms with E-state index < -0.39 is 16.9 Å².